The number of aromatic nitrogens is 5. The number of imidazole rings is 1. The molecule has 26 heavy (non-hydrogen) atoms. The predicted octanol–water partition coefficient (Wildman–Crippen LogP) is 2.94. The molecule has 4 aromatic rings. The second-order valence-electron chi connectivity index (χ2n) is 5.56. The number of nitrogens with zero attached hydrogens (tertiary/aromatic N) is 5. The fraction of sp³-hybridized carbons (Fsp3) is 0.111. The number of rotatable bonds is 5. The van der Waals surface area contributed by atoms with Crippen LogP contribution in [0.15, 0.2) is 55.1 Å². The molecule has 0 amide bonds. The van der Waals surface area contributed by atoms with E-state index < -0.39 is 0 Å². The van der Waals surface area contributed by atoms with E-state index in [0.717, 1.165) is 22.3 Å². The number of aliphatic hydroxyl groups is 1. The number of fused-ring (bicyclic) bond motifs is 1. The zero-order chi connectivity index (χ0) is 17.9. The summed E-state index contributed by atoms with van der Waals surface area (Å²) in [5.74, 6) is 1.17. The summed E-state index contributed by atoms with van der Waals surface area (Å²) in [5.41, 5.74) is 3.40. The van der Waals surface area contributed by atoms with Crippen LogP contribution in [-0.2, 0) is 0 Å². The molecule has 0 aliphatic heterocycles. The highest BCUT2D eigenvalue weighted by atomic mass is 35.5. The van der Waals surface area contributed by atoms with Crippen LogP contribution in [0.5, 0.6) is 0 Å². The van der Waals surface area contributed by atoms with E-state index in [4.69, 9.17) is 21.7 Å². The molecule has 3 aromatic heterocycles. The van der Waals surface area contributed by atoms with E-state index in [9.17, 15) is 0 Å². The van der Waals surface area contributed by atoms with Crippen molar-refractivity contribution in [3.63, 3.8) is 0 Å². The van der Waals surface area contributed by atoms with E-state index in [1.807, 2.05) is 34.9 Å². The minimum Gasteiger partial charge on any atom is -0.395 e. The van der Waals surface area contributed by atoms with Crippen LogP contribution in [0.1, 0.15) is 0 Å². The Morgan fingerprint density at radius 3 is 2.54 bits per heavy atom. The lowest BCUT2D eigenvalue weighted by atomic mass is 10.2. The highest BCUT2D eigenvalue weighted by Crippen LogP contribution is 2.28. The van der Waals surface area contributed by atoms with Crippen LogP contribution >= 0.6 is 11.6 Å². The van der Waals surface area contributed by atoms with Gasteiger partial charge in [-0.05, 0) is 30.3 Å². The molecule has 0 atom stereocenters. The Morgan fingerprint density at radius 2 is 1.81 bits per heavy atom. The van der Waals surface area contributed by atoms with Crippen LogP contribution in [0.4, 0.5) is 5.95 Å². The molecule has 0 saturated heterocycles. The van der Waals surface area contributed by atoms with Gasteiger partial charge in [0, 0.05) is 35.8 Å². The second kappa shape index (κ2) is 7.07. The van der Waals surface area contributed by atoms with Crippen molar-refractivity contribution in [2.45, 2.75) is 0 Å². The van der Waals surface area contributed by atoms with E-state index in [-0.39, 0.29) is 6.61 Å². The van der Waals surface area contributed by atoms with Crippen molar-refractivity contribution in [1.82, 2.24) is 24.5 Å². The number of hydrogen-bond donors (Lipinski definition) is 2. The fourth-order valence-electron chi connectivity index (χ4n) is 2.67. The Balaban J connectivity index is 1.84. The molecule has 0 aliphatic rings. The van der Waals surface area contributed by atoms with Crippen molar-refractivity contribution in [2.75, 3.05) is 18.5 Å². The van der Waals surface area contributed by atoms with Gasteiger partial charge in [-0.25, -0.2) is 15.0 Å². The van der Waals surface area contributed by atoms with Crippen molar-refractivity contribution < 1.29 is 5.11 Å². The Kier molecular flexibility index (Phi) is 4.47. The van der Waals surface area contributed by atoms with Gasteiger partial charge in [0.1, 0.15) is 5.82 Å². The van der Waals surface area contributed by atoms with E-state index in [1.54, 1.807) is 24.8 Å². The van der Waals surface area contributed by atoms with Crippen molar-refractivity contribution in [1.29, 1.82) is 0 Å². The van der Waals surface area contributed by atoms with Gasteiger partial charge in [0.15, 0.2) is 0 Å². The molecule has 0 fully saturated rings. The summed E-state index contributed by atoms with van der Waals surface area (Å²) in [5, 5.41) is 12.5. The standard InChI is InChI=1S/C18H15ClN6O/c19-13-1-3-14(4-2-13)25-16-11-20-6-5-15(16)24-17(25)12-9-22-18(23-10-12)21-7-8-26/h1-6,9-11,26H,7-8H2,(H,21,22,23). The van der Waals surface area contributed by atoms with Gasteiger partial charge in [-0.1, -0.05) is 11.6 Å². The molecular weight excluding hydrogens is 352 g/mol. The summed E-state index contributed by atoms with van der Waals surface area (Å²) < 4.78 is 2.00. The third-order valence-corrected chi connectivity index (χ3v) is 4.10. The third-order valence-electron chi connectivity index (χ3n) is 3.85. The molecule has 0 saturated carbocycles. The lowest BCUT2D eigenvalue weighted by molar-refractivity contribution is 0.311. The first kappa shape index (κ1) is 16.4. The molecule has 0 aliphatic carbocycles. The van der Waals surface area contributed by atoms with Gasteiger partial charge in [0.25, 0.3) is 0 Å². The Hall–Kier alpha value is -3.03. The maximum Gasteiger partial charge on any atom is 0.222 e. The molecule has 0 unspecified atom stereocenters. The Morgan fingerprint density at radius 1 is 1.04 bits per heavy atom. The molecule has 1 aromatic carbocycles. The van der Waals surface area contributed by atoms with Crippen LogP contribution in [-0.4, -0.2) is 42.8 Å². The smallest absolute Gasteiger partial charge is 0.222 e. The summed E-state index contributed by atoms with van der Waals surface area (Å²) >= 11 is 6.03. The van der Waals surface area contributed by atoms with Crippen molar-refractivity contribution >= 4 is 28.6 Å². The first-order valence-corrected chi connectivity index (χ1v) is 8.39. The first-order chi connectivity index (χ1) is 12.8. The van der Waals surface area contributed by atoms with Crippen molar-refractivity contribution in [3.05, 3.63) is 60.1 Å². The average molecular weight is 367 g/mol. The maximum atomic E-state index is 8.88. The number of nitrogens with one attached hydrogen (secondary N) is 1. The quantitative estimate of drug-likeness (QED) is 0.564. The number of benzene rings is 1. The third kappa shape index (κ3) is 3.10. The summed E-state index contributed by atoms with van der Waals surface area (Å²) in [6.45, 7) is 0.415. The lowest BCUT2D eigenvalue weighted by Gasteiger charge is -2.09. The first-order valence-electron chi connectivity index (χ1n) is 8.02. The van der Waals surface area contributed by atoms with Crippen LogP contribution in [0.3, 0.4) is 0 Å². The zero-order valence-electron chi connectivity index (χ0n) is 13.7. The summed E-state index contributed by atoms with van der Waals surface area (Å²) in [7, 11) is 0. The number of hydrogen-bond acceptors (Lipinski definition) is 6. The molecule has 2 N–H and O–H groups in total. The van der Waals surface area contributed by atoms with E-state index >= 15 is 0 Å². The average Bonchev–Trinajstić information content (AvgIpc) is 3.07. The highest BCUT2D eigenvalue weighted by molar-refractivity contribution is 6.30. The van der Waals surface area contributed by atoms with Crippen molar-refractivity contribution in [2.24, 2.45) is 0 Å². The molecule has 0 spiro atoms. The van der Waals surface area contributed by atoms with Crippen LogP contribution in [0, 0.1) is 0 Å². The van der Waals surface area contributed by atoms with Crippen LogP contribution < -0.4 is 5.32 Å². The molecule has 0 radical (unpaired) electrons. The number of aliphatic hydroxyl groups excluding tert-OH is 1. The topological polar surface area (TPSA) is 88.8 Å². The highest BCUT2D eigenvalue weighted by Gasteiger charge is 2.15. The molecule has 130 valence electrons. The normalized spacial score (nSPS) is 11.0. The molecule has 7 nitrogen and oxygen atoms in total. The van der Waals surface area contributed by atoms with Gasteiger partial charge < -0.3 is 10.4 Å². The minimum absolute atomic E-state index is 0.0183. The Bertz CT molecular complexity index is 1030. The number of anilines is 1. The van der Waals surface area contributed by atoms with E-state index in [2.05, 4.69) is 20.3 Å². The van der Waals surface area contributed by atoms with Gasteiger partial charge in [0.2, 0.25) is 5.95 Å². The van der Waals surface area contributed by atoms with E-state index in [0.29, 0.717) is 23.3 Å². The van der Waals surface area contributed by atoms with Gasteiger partial charge in [-0.15, -0.1) is 0 Å². The zero-order valence-corrected chi connectivity index (χ0v) is 14.4. The van der Waals surface area contributed by atoms with Gasteiger partial charge in [-0.3, -0.25) is 9.55 Å². The minimum atomic E-state index is 0.0183. The van der Waals surface area contributed by atoms with Gasteiger partial charge >= 0.3 is 0 Å². The molecule has 0 bridgehead atoms. The molecular formula is C18H15ClN6O. The van der Waals surface area contributed by atoms with E-state index in [1.165, 1.54) is 0 Å². The lowest BCUT2D eigenvalue weighted by Crippen LogP contribution is -2.08. The monoisotopic (exact) mass is 366 g/mol. The van der Waals surface area contributed by atoms with Crippen LogP contribution in [0.25, 0.3) is 28.1 Å². The summed E-state index contributed by atoms with van der Waals surface area (Å²) in [4.78, 5) is 17.5. The molecule has 4 rings (SSSR count). The van der Waals surface area contributed by atoms with Gasteiger partial charge in [-0.2, -0.15) is 0 Å². The number of halogens is 1. The SMILES string of the molecule is OCCNc1ncc(-c2nc3ccncc3n2-c2ccc(Cl)cc2)cn1. The molecule has 8 heteroatoms. The van der Waals surface area contributed by atoms with Gasteiger partial charge in [0.05, 0.1) is 29.4 Å². The van der Waals surface area contributed by atoms with Crippen LogP contribution in [0.2, 0.25) is 5.02 Å². The summed E-state index contributed by atoms with van der Waals surface area (Å²) in [6, 6.07) is 9.39. The van der Waals surface area contributed by atoms with Crippen molar-refractivity contribution in [3.8, 4) is 17.1 Å². The molecule has 3 heterocycles. The largest absolute Gasteiger partial charge is 0.395 e. The predicted molar refractivity (Wildman–Crippen MR) is 100 cm³/mol. The fourth-order valence-corrected chi connectivity index (χ4v) is 2.80. The summed E-state index contributed by atoms with van der Waals surface area (Å²) in [6.07, 6.45) is 6.89. The second-order valence-corrected chi connectivity index (χ2v) is 5.99. The Labute approximate surface area is 154 Å². The maximum absolute atomic E-state index is 8.88. The number of pyridine rings is 1.